The average molecular weight is 325 g/mol. The molecule has 0 unspecified atom stereocenters. The largest absolute Gasteiger partial charge is 0.466 e. The lowest BCUT2D eigenvalue weighted by Gasteiger charge is -2.31. The first kappa shape index (κ1) is 16.6. The number of carbonyl (C=O) groups excluding carboxylic acids is 2. The zero-order valence-electron chi connectivity index (χ0n) is 12.7. The third-order valence-corrected chi connectivity index (χ3v) is 4.01. The molecular weight excluding hydrogens is 304 g/mol. The van der Waals surface area contributed by atoms with Crippen LogP contribution < -0.4 is 5.32 Å². The Labute approximate surface area is 135 Å². The zero-order chi connectivity index (χ0) is 15.9. The summed E-state index contributed by atoms with van der Waals surface area (Å²) in [5.74, 6) is -0.181. The summed E-state index contributed by atoms with van der Waals surface area (Å²) in [5, 5.41) is 3.75. The van der Waals surface area contributed by atoms with Gasteiger partial charge in [-0.25, -0.2) is 0 Å². The van der Waals surface area contributed by atoms with E-state index in [1.54, 1.807) is 24.0 Å². The third-order valence-electron chi connectivity index (χ3n) is 3.76. The number of hydrogen-bond acceptors (Lipinski definition) is 4. The molecular formula is C16H21ClN2O3. The highest BCUT2D eigenvalue weighted by Crippen LogP contribution is 2.19. The normalized spacial score (nSPS) is 15.5. The number of piperidine rings is 1. The van der Waals surface area contributed by atoms with Crippen molar-refractivity contribution in [2.45, 2.75) is 19.8 Å². The number of amides is 1. The summed E-state index contributed by atoms with van der Waals surface area (Å²) in [4.78, 5) is 25.6. The molecule has 1 N–H and O–H groups in total. The Morgan fingerprint density at radius 2 is 1.91 bits per heavy atom. The SMILES string of the molecule is CCOC(=O)C1CCN(C(=O)CNc2ccc(Cl)cc2)CC1. The van der Waals surface area contributed by atoms with E-state index >= 15 is 0 Å². The second-order valence-corrected chi connectivity index (χ2v) is 5.70. The van der Waals surface area contributed by atoms with Crippen molar-refractivity contribution in [3.05, 3.63) is 29.3 Å². The monoisotopic (exact) mass is 324 g/mol. The highest BCUT2D eigenvalue weighted by Gasteiger charge is 2.27. The molecule has 1 aliphatic heterocycles. The van der Waals surface area contributed by atoms with Gasteiger partial charge in [0.25, 0.3) is 0 Å². The van der Waals surface area contributed by atoms with Crippen LogP contribution in [0.2, 0.25) is 5.02 Å². The number of nitrogens with zero attached hydrogens (tertiary/aromatic N) is 1. The predicted octanol–water partition coefficient (Wildman–Crippen LogP) is 2.55. The van der Waals surface area contributed by atoms with Gasteiger partial charge in [-0.05, 0) is 44.0 Å². The molecule has 0 aromatic heterocycles. The van der Waals surface area contributed by atoms with E-state index in [9.17, 15) is 9.59 Å². The van der Waals surface area contributed by atoms with Crippen LogP contribution in [0.5, 0.6) is 0 Å². The highest BCUT2D eigenvalue weighted by atomic mass is 35.5. The smallest absolute Gasteiger partial charge is 0.309 e. The highest BCUT2D eigenvalue weighted by molar-refractivity contribution is 6.30. The molecule has 1 aliphatic rings. The molecule has 1 amide bonds. The van der Waals surface area contributed by atoms with Gasteiger partial charge in [0.15, 0.2) is 0 Å². The van der Waals surface area contributed by atoms with Crippen molar-refractivity contribution in [2.24, 2.45) is 5.92 Å². The molecule has 1 aromatic carbocycles. The van der Waals surface area contributed by atoms with E-state index < -0.39 is 0 Å². The number of carbonyl (C=O) groups is 2. The van der Waals surface area contributed by atoms with Gasteiger partial charge in [-0.3, -0.25) is 9.59 Å². The molecule has 1 aromatic rings. The lowest BCUT2D eigenvalue weighted by Crippen LogP contribution is -2.43. The van der Waals surface area contributed by atoms with Gasteiger partial charge in [0, 0.05) is 23.8 Å². The van der Waals surface area contributed by atoms with E-state index in [1.165, 1.54) is 0 Å². The summed E-state index contributed by atoms with van der Waals surface area (Å²) in [6, 6.07) is 7.23. The molecule has 1 heterocycles. The van der Waals surface area contributed by atoms with Crippen LogP contribution in [0.1, 0.15) is 19.8 Å². The van der Waals surface area contributed by atoms with Crippen molar-refractivity contribution in [1.82, 2.24) is 4.90 Å². The molecule has 1 saturated heterocycles. The van der Waals surface area contributed by atoms with Crippen LogP contribution in [-0.4, -0.2) is 43.0 Å². The van der Waals surface area contributed by atoms with Gasteiger partial charge < -0.3 is 15.0 Å². The lowest BCUT2D eigenvalue weighted by molar-refractivity contribution is -0.151. The van der Waals surface area contributed by atoms with Gasteiger partial charge >= 0.3 is 5.97 Å². The minimum absolute atomic E-state index is 0.0391. The topological polar surface area (TPSA) is 58.6 Å². The maximum absolute atomic E-state index is 12.2. The molecule has 0 spiro atoms. The maximum atomic E-state index is 12.2. The second kappa shape index (κ2) is 8.03. The molecule has 1 fully saturated rings. The van der Waals surface area contributed by atoms with Gasteiger partial charge in [0.05, 0.1) is 19.1 Å². The Morgan fingerprint density at radius 1 is 1.27 bits per heavy atom. The number of rotatable bonds is 5. The predicted molar refractivity (Wildman–Crippen MR) is 85.9 cm³/mol. The Bertz CT molecular complexity index is 511. The summed E-state index contributed by atoms with van der Waals surface area (Å²) in [6.07, 6.45) is 1.34. The van der Waals surface area contributed by atoms with E-state index in [0.717, 1.165) is 5.69 Å². The quantitative estimate of drug-likeness (QED) is 0.846. The first-order valence-corrected chi connectivity index (χ1v) is 7.91. The number of ether oxygens (including phenoxy) is 1. The molecule has 2 rings (SSSR count). The first-order chi connectivity index (χ1) is 10.6. The van der Waals surface area contributed by atoms with E-state index in [2.05, 4.69) is 5.32 Å². The van der Waals surface area contributed by atoms with Crippen molar-refractivity contribution in [1.29, 1.82) is 0 Å². The molecule has 22 heavy (non-hydrogen) atoms. The summed E-state index contributed by atoms with van der Waals surface area (Å²) in [7, 11) is 0. The molecule has 0 saturated carbocycles. The van der Waals surface area contributed by atoms with Crippen LogP contribution in [0.3, 0.4) is 0 Å². The standard InChI is InChI=1S/C16H21ClN2O3/c1-2-22-16(21)12-7-9-19(10-8-12)15(20)11-18-14-5-3-13(17)4-6-14/h3-6,12,18H,2,7-11H2,1H3. The van der Waals surface area contributed by atoms with Crippen molar-refractivity contribution < 1.29 is 14.3 Å². The van der Waals surface area contributed by atoms with E-state index in [1.807, 2.05) is 12.1 Å². The van der Waals surface area contributed by atoms with Crippen LogP contribution in [0.4, 0.5) is 5.69 Å². The minimum atomic E-state index is -0.145. The van der Waals surface area contributed by atoms with Crippen LogP contribution in [-0.2, 0) is 14.3 Å². The molecule has 0 atom stereocenters. The van der Waals surface area contributed by atoms with Gasteiger partial charge in [-0.15, -0.1) is 0 Å². The number of likely N-dealkylation sites (tertiary alicyclic amines) is 1. The van der Waals surface area contributed by atoms with Crippen LogP contribution >= 0.6 is 11.6 Å². The summed E-state index contributed by atoms with van der Waals surface area (Å²) in [5.41, 5.74) is 0.860. The Morgan fingerprint density at radius 3 is 2.50 bits per heavy atom. The van der Waals surface area contributed by atoms with Crippen LogP contribution in [0, 0.1) is 5.92 Å². The molecule has 120 valence electrons. The third kappa shape index (κ3) is 4.63. The summed E-state index contributed by atoms with van der Waals surface area (Å²) < 4.78 is 5.03. The second-order valence-electron chi connectivity index (χ2n) is 5.27. The number of anilines is 1. The van der Waals surface area contributed by atoms with E-state index in [4.69, 9.17) is 16.3 Å². The fourth-order valence-electron chi connectivity index (χ4n) is 2.48. The van der Waals surface area contributed by atoms with Crippen LogP contribution in [0.15, 0.2) is 24.3 Å². The fraction of sp³-hybridized carbons (Fsp3) is 0.500. The Balaban J connectivity index is 1.75. The average Bonchev–Trinajstić information content (AvgIpc) is 2.54. The minimum Gasteiger partial charge on any atom is -0.466 e. The number of nitrogens with one attached hydrogen (secondary N) is 1. The number of benzene rings is 1. The van der Waals surface area contributed by atoms with Crippen molar-refractivity contribution in [3.63, 3.8) is 0 Å². The van der Waals surface area contributed by atoms with E-state index in [0.29, 0.717) is 37.6 Å². The molecule has 0 bridgehead atoms. The summed E-state index contributed by atoms with van der Waals surface area (Å²) in [6.45, 7) is 3.66. The fourth-order valence-corrected chi connectivity index (χ4v) is 2.61. The molecule has 6 heteroatoms. The zero-order valence-corrected chi connectivity index (χ0v) is 13.4. The molecule has 0 radical (unpaired) electrons. The molecule has 0 aliphatic carbocycles. The van der Waals surface area contributed by atoms with Gasteiger partial charge in [-0.1, -0.05) is 11.6 Å². The lowest BCUT2D eigenvalue weighted by atomic mass is 9.97. The Hall–Kier alpha value is -1.75. The first-order valence-electron chi connectivity index (χ1n) is 7.54. The van der Waals surface area contributed by atoms with Gasteiger partial charge in [0.2, 0.25) is 5.91 Å². The molecule has 5 nitrogen and oxygen atoms in total. The maximum Gasteiger partial charge on any atom is 0.309 e. The van der Waals surface area contributed by atoms with Crippen LogP contribution in [0.25, 0.3) is 0 Å². The number of esters is 1. The van der Waals surface area contributed by atoms with Crippen molar-refractivity contribution in [2.75, 3.05) is 31.6 Å². The van der Waals surface area contributed by atoms with Gasteiger partial charge in [-0.2, -0.15) is 0 Å². The number of halogens is 1. The van der Waals surface area contributed by atoms with Gasteiger partial charge in [0.1, 0.15) is 0 Å². The van der Waals surface area contributed by atoms with Crippen molar-refractivity contribution >= 4 is 29.2 Å². The number of hydrogen-bond donors (Lipinski definition) is 1. The Kier molecular flexibility index (Phi) is 6.07. The summed E-state index contributed by atoms with van der Waals surface area (Å²) >= 11 is 5.82. The van der Waals surface area contributed by atoms with E-state index in [-0.39, 0.29) is 24.3 Å². The van der Waals surface area contributed by atoms with Crippen molar-refractivity contribution in [3.8, 4) is 0 Å².